The Labute approximate surface area is 175 Å². The molecule has 1 unspecified atom stereocenters. The van der Waals surface area contributed by atoms with Crippen LogP contribution in [0, 0.1) is 0 Å². The number of fused-ring (bicyclic) bond motifs is 1. The zero-order valence-corrected chi connectivity index (χ0v) is 17.3. The molecule has 8 nitrogen and oxygen atoms in total. The van der Waals surface area contributed by atoms with Gasteiger partial charge >= 0.3 is 0 Å². The Kier molecular flexibility index (Phi) is 5.50. The number of rotatable bonds is 6. The highest BCUT2D eigenvalue weighted by atomic mass is 16.2. The molecule has 2 aromatic heterocycles. The van der Waals surface area contributed by atoms with E-state index in [-0.39, 0.29) is 5.91 Å². The molecule has 1 fully saturated rings. The monoisotopic (exact) mass is 406 g/mol. The molecule has 4 rings (SSSR count). The Hall–Kier alpha value is -3.26. The Bertz CT molecular complexity index is 1070. The molecule has 8 heteroatoms. The van der Waals surface area contributed by atoms with Crippen LogP contribution in [0.15, 0.2) is 42.7 Å². The fourth-order valence-corrected chi connectivity index (χ4v) is 4.25. The molecule has 3 heterocycles. The number of amides is 2. The first-order valence-electron chi connectivity index (χ1n) is 10.3. The molecule has 156 valence electrons. The summed E-state index contributed by atoms with van der Waals surface area (Å²) >= 11 is 0. The Morgan fingerprint density at radius 2 is 1.87 bits per heavy atom. The molecule has 1 saturated heterocycles. The maximum atomic E-state index is 13.0. The fraction of sp³-hybridized carbons (Fsp3) is 0.364. The number of pyridine rings is 1. The summed E-state index contributed by atoms with van der Waals surface area (Å²) in [4.78, 5) is 33.1. The van der Waals surface area contributed by atoms with Gasteiger partial charge in [0.25, 0.3) is 11.8 Å². The maximum absolute atomic E-state index is 13.0. The SMILES string of the molecule is CCN(CC)C1CCN(C(=O)c2ccc(-c3ccc(C(N)=O)c4ncnn34)cc2)C1. The minimum atomic E-state index is -0.547. The summed E-state index contributed by atoms with van der Waals surface area (Å²) in [5.41, 5.74) is 8.47. The summed E-state index contributed by atoms with van der Waals surface area (Å²) in [6, 6.07) is 11.3. The van der Waals surface area contributed by atoms with E-state index in [1.54, 1.807) is 16.6 Å². The summed E-state index contributed by atoms with van der Waals surface area (Å²) in [5.74, 6) is -0.486. The van der Waals surface area contributed by atoms with Crippen LogP contribution in [0.4, 0.5) is 0 Å². The van der Waals surface area contributed by atoms with Crippen LogP contribution in [0.5, 0.6) is 0 Å². The van der Waals surface area contributed by atoms with E-state index in [0.29, 0.717) is 22.8 Å². The van der Waals surface area contributed by atoms with Crippen LogP contribution in [0.3, 0.4) is 0 Å². The standard InChI is InChI=1S/C22H26N6O2/c1-3-26(4-2)17-11-12-27(13-17)22(30)16-7-5-15(6-8-16)19-10-9-18(20(23)29)21-24-14-25-28(19)21/h5-10,14,17H,3-4,11-13H2,1-2H3,(H2,23,29). The molecule has 1 aromatic carbocycles. The van der Waals surface area contributed by atoms with E-state index in [4.69, 9.17) is 5.73 Å². The van der Waals surface area contributed by atoms with Gasteiger partial charge in [0.05, 0.1) is 11.3 Å². The lowest BCUT2D eigenvalue weighted by Crippen LogP contribution is -2.38. The Morgan fingerprint density at radius 1 is 1.13 bits per heavy atom. The summed E-state index contributed by atoms with van der Waals surface area (Å²) in [6.45, 7) is 7.89. The number of primary amides is 1. The molecule has 0 aliphatic carbocycles. The maximum Gasteiger partial charge on any atom is 0.253 e. The quantitative estimate of drug-likeness (QED) is 0.676. The number of hydrogen-bond donors (Lipinski definition) is 1. The van der Waals surface area contributed by atoms with Crippen LogP contribution in [0.1, 0.15) is 41.0 Å². The van der Waals surface area contributed by atoms with Gasteiger partial charge in [-0.1, -0.05) is 26.0 Å². The molecule has 30 heavy (non-hydrogen) atoms. The first kappa shape index (κ1) is 20.0. The smallest absolute Gasteiger partial charge is 0.253 e. The zero-order chi connectivity index (χ0) is 21.3. The van der Waals surface area contributed by atoms with Crippen molar-refractivity contribution < 1.29 is 9.59 Å². The van der Waals surface area contributed by atoms with Gasteiger partial charge < -0.3 is 10.6 Å². The average Bonchev–Trinajstić information content (AvgIpc) is 3.44. The summed E-state index contributed by atoms with van der Waals surface area (Å²) in [5, 5.41) is 4.22. The van der Waals surface area contributed by atoms with E-state index >= 15 is 0 Å². The third-order valence-electron chi connectivity index (χ3n) is 5.90. The van der Waals surface area contributed by atoms with Crippen molar-refractivity contribution in [1.82, 2.24) is 24.4 Å². The number of nitrogens with two attached hydrogens (primary N) is 1. The number of hydrogen-bond acceptors (Lipinski definition) is 5. The van der Waals surface area contributed by atoms with E-state index in [2.05, 4.69) is 28.8 Å². The van der Waals surface area contributed by atoms with Gasteiger partial charge in [-0.25, -0.2) is 9.50 Å². The van der Waals surface area contributed by atoms with Crippen molar-refractivity contribution in [3.05, 3.63) is 53.9 Å². The predicted octanol–water partition coefficient (Wildman–Crippen LogP) is 2.05. The highest BCUT2D eigenvalue weighted by Crippen LogP contribution is 2.24. The molecule has 3 aromatic rings. The molecule has 0 saturated carbocycles. The van der Waals surface area contributed by atoms with Crippen LogP contribution >= 0.6 is 0 Å². The van der Waals surface area contributed by atoms with E-state index in [9.17, 15) is 9.59 Å². The molecule has 1 atom stereocenters. The normalized spacial score (nSPS) is 16.5. The molecular weight excluding hydrogens is 380 g/mol. The first-order chi connectivity index (χ1) is 14.5. The molecule has 2 N–H and O–H groups in total. The van der Waals surface area contributed by atoms with Gasteiger partial charge in [0, 0.05) is 30.3 Å². The molecule has 1 aliphatic heterocycles. The average molecular weight is 406 g/mol. The topological polar surface area (TPSA) is 96.8 Å². The van der Waals surface area contributed by atoms with E-state index < -0.39 is 5.91 Å². The van der Waals surface area contributed by atoms with Gasteiger partial charge in [0.2, 0.25) is 0 Å². The number of aromatic nitrogens is 3. The largest absolute Gasteiger partial charge is 0.365 e. The third-order valence-corrected chi connectivity index (χ3v) is 5.90. The molecule has 0 bridgehead atoms. The number of likely N-dealkylation sites (N-methyl/N-ethyl adjacent to an activating group) is 1. The van der Waals surface area contributed by atoms with Crippen LogP contribution in [-0.2, 0) is 0 Å². The zero-order valence-electron chi connectivity index (χ0n) is 17.3. The molecular formula is C22H26N6O2. The van der Waals surface area contributed by atoms with Crippen LogP contribution in [-0.4, -0.2) is 68.4 Å². The van der Waals surface area contributed by atoms with Gasteiger partial charge in [-0.3, -0.25) is 14.5 Å². The van der Waals surface area contributed by atoms with Gasteiger partial charge in [0.1, 0.15) is 6.33 Å². The minimum absolute atomic E-state index is 0.0613. The molecule has 0 radical (unpaired) electrons. The third kappa shape index (κ3) is 3.54. The number of benzene rings is 1. The second-order valence-electron chi connectivity index (χ2n) is 7.48. The van der Waals surface area contributed by atoms with E-state index in [1.807, 2.05) is 29.2 Å². The number of carbonyl (C=O) groups is 2. The van der Waals surface area contributed by atoms with Gasteiger partial charge in [0.15, 0.2) is 5.65 Å². The van der Waals surface area contributed by atoms with Crippen LogP contribution in [0.25, 0.3) is 16.9 Å². The number of likely N-dealkylation sites (tertiary alicyclic amines) is 1. The number of carbonyl (C=O) groups excluding carboxylic acids is 2. The minimum Gasteiger partial charge on any atom is -0.365 e. The van der Waals surface area contributed by atoms with Crippen molar-refractivity contribution in [2.75, 3.05) is 26.2 Å². The molecule has 2 amide bonds. The van der Waals surface area contributed by atoms with Gasteiger partial charge in [-0.2, -0.15) is 5.10 Å². The van der Waals surface area contributed by atoms with Crippen molar-refractivity contribution in [2.45, 2.75) is 26.3 Å². The fourth-order valence-electron chi connectivity index (χ4n) is 4.25. The van der Waals surface area contributed by atoms with Crippen LogP contribution in [0.2, 0.25) is 0 Å². The van der Waals surface area contributed by atoms with Crippen molar-refractivity contribution >= 4 is 17.5 Å². The highest BCUT2D eigenvalue weighted by molar-refractivity contribution is 5.99. The van der Waals surface area contributed by atoms with E-state index in [0.717, 1.165) is 43.9 Å². The van der Waals surface area contributed by atoms with Gasteiger partial charge in [-0.15, -0.1) is 0 Å². The summed E-state index contributed by atoms with van der Waals surface area (Å²) < 4.78 is 1.59. The summed E-state index contributed by atoms with van der Waals surface area (Å²) in [7, 11) is 0. The lowest BCUT2D eigenvalue weighted by atomic mass is 10.1. The Morgan fingerprint density at radius 3 is 2.53 bits per heavy atom. The summed E-state index contributed by atoms with van der Waals surface area (Å²) in [6.07, 6.45) is 2.41. The van der Waals surface area contributed by atoms with Crippen molar-refractivity contribution in [3.63, 3.8) is 0 Å². The van der Waals surface area contributed by atoms with E-state index in [1.165, 1.54) is 6.33 Å². The van der Waals surface area contributed by atoms with Crippen LogP contribution < -0.4 is 5.73 Å². The predicted molar refractivity (Wildman–Crippen MR) is 114 cm³/mol. The second-order valence-corrected chi connectivity index (χ2v) is 7.48. The molecule has 1 aliphatic rings. The Balaban J connectivity index is 1.55. The van der Waals surface area contributed by atoms with Crippen molar-refractivity contribution in [2.24, 2.45) is 5.73 Å². The number of nitrogens with zero attached hydrogens (tertiary/aromatic N) is 5. The lowest BCUT2D eigenvalue weighted by molar-refractivity contribution is 0.0777. The first-order valence-corrected chi connectivity index (χ1v) is 10.3. The second kappa shape index (κ2) is 8.23. The molecule has 0 spiro atoms. The van der Waals surface area contributed by atoms with Crippen molar-refractivity contribution in [1.29, 1.82) is 0 Å². The lowest BCUT2D eigenvalue weighted by Gasteiger charge is -2.26. The highest BCUT2D eigenvalue weighted by Gasteiger charge is 2.29. The van der Waals surface area contributed by atoms with Crippen molar-refractivity contribution in [3.8, 4) is 11.3 Å². The van der Waals surface area contributed by atoms with Gasteiger partial charge in [-0.05, 0) is 43.8 Å².